The van der Waals surface area contributed by atoms with Crippen LogP contribution in [0.5, 0.6) is 0 Å². The van der Waals surface area contributed by atoms with E-state index in [4.69, 9.17) is 4.98 Å². The van der Waals surface area contributed by atoms with Crippen LogP contribution in [0.25, 0.3) is 22.6 Å². The minimum absolute atomic E-state index is 0.804. The van der Waals surface area contributed by atoms with Crippen LogP contribution in [0, 0.1) is 0 Å². The number of unbranched alkanes of at least 4 members (excludes halogenated alkanes) is 1. The fourth-order valence-corrected chi connectivity index (χ4v) is 5.22. The molecule has 4 heteroatoms. The van der Waals surface area contributed by atoms with Crippen molar-refractivity contribution in [1.82, 2.24) is 14.5 Å². The molecule has 0 aliphatic carbocycles. The monoisotopic (exact) mass is 528 g/mol. The maximum Gasteiger partial charge on any atom is 0.140 e. The molecule has 4 aromatic carbocycles. The van der Waals surface area contributed by atoms with E-state index in [1.54, 1.807) is 0 Å². The quantitative estimate of drug-likeness (QED) is 0.163. The van der Waals surface area contributed by atoms with E-state index in [9.17, 15) is 0 Å². The topological polar surface area (TPSA) is 24.3 Å². The molecule has 0 aliphatic heterocycles. The fourth-order valence-electron chi connectivity index (χ4n) is 5.22. The molecule has 1 heterocycles. The number of aromatic nitrogens is 2. The van der Waals surface area contributed by atoms with Crippen molar-refractivity contribution in [3.8, 4) is 22.6 Å². The Morgan fingerprint density at radius 1 is 0.625 bits per heavy atom. The summed E-state index contributed by atoms with van der Waals surface area (Å²) in [6.45, 7) is 5.74. The summed E-state index contributed by atoms with van der Waals surface area (Å²) in [6.07, 6.45) is 2.25. The minimum atomic E-state index is 0.804. The first-order valence-corrected chi connectivity index (χ1v) is 14.3. The molecular formula is C36H40N4. The maximum atomic E-state index is 5.33. The Hall–Kier alpha value is -4.15. The third-order valence-electron chi connectivity index (χ3n) is 7.37. The molecule has 5 aromatic rings. The van der Waals surface area contributed by atoms with E-state index in [2.05, 4.69) is 151 Å². The van der Waals surface area contributed by atoms with E-state index in [1.165, 1.54) is 28.1 Å². The molecule has 0 aliphatic rings. The van der Waals surface area contributed by atoms with E-state index in [-0.39, 0.29) is 0 Å². The number of benzene rings is 4. The minimum Gasteiger partial charge on any atom is -0.378 e. The van der Waals surface area contributed by atoms with Crippen LogP contribution in [0.15, 0.2) is 115 Å². The summed E-state index contributed by atoms with van der Waals surface area (Å²) in [4.78, 5) is 10.0. The van der Waals surface area contributed by atoms with Gasteiger partial charge in [0.05, 0.1) is 11.4 Å². The van der Waals surface area contributed by atoms with Crippen molar-refractivity contribution >= 4 is 5.69 Å². The number of rotatable bonds is 12. The van der Waals surface area contributed by atoms with Gasteiger partial charge in [-0.15, -0.1) is 0 Å². The van der Waals surface area contributed by atoms with Gasteiger partial charge in [-0.1, -0.05) is 116 Å². The molecule has 0 saturated carbocycles. The van der Waals surface area contributed by atoms with E-state index in [1.807, 2.05) is 0 Å². The third kappa shape index (κ3) is 6.70. The van der Waals surface area contributed by atoms with Gasteiger partial charge in [0.25, 0.3) is 0 Å². The van der Waals surface area contributed by atoms with Crippen LogP contribution < -0.4 is 4.90 Å². The largest absolute Gasteiger partial charge is 0.378 e. The summed E-state index contributed by atoms with van der Waals surface area (Å²) >= 11 is 0. The second-order valence-corrected chi connectivity index (χ2v) is 10.7. The van der Waals surface area contributed by atoms with Crippen molar-refractivity contribution in [3.63, 3.8) is 0 Å². The lowest BCUT2D eigenvalue weighted by atomic mass is 10.1. The summed E-state index contributed by atoms with van der Waals surface area (Å²) in [5.74, 6) is 1.05. The summed E-state index contributed by atoms with van der Waals surface area (Å²) in [5.41, 5.74) is 8.53. The predicted octanol–water partition coefficient (Wildman–Crippen LogP) is 8.29. The van der Waals surface area contributed by atoms with Gasteiger partial charge >= 0.3 is 0 Å². The van der Waals surface area contributed by atoms with Gasteiger partial charge in [-0.05, 0) is 29.7 Å². The van der Waals surface area contributed by atoms with Crippen LogP contribution in [-0.2, 0) is 26.2 Å². The van der Waals surface area contributed by atoms with Crippen LogP contribution in [0.2, 0.25) is 0 Å². The summed E-state index contributed by atoms with van der Waals surface area (Å²) in [7, 11) is 4.17. The highest BCUT2D eigenvalue weighted by Gasteiger charge is 2.22. The van der Waals surface area contributed by atoms with Crippen LogP contribution in [0.4, 0.5) is 5.69 Å². The van der Waals surface area contributed by atoms with Gasteiger partial charge in [-0.25, -0.2) is 4.98 Å². The fraction of sp³-hybridized carbons (Fsp3) is 0.250. The first-order valence-electron chi connectivity index (χ1n) is 14.3. The highest BCUT2D eigenvalue weighted by atomic mass is 15.2. The normalized spacial score (nSPS) is 11.2. The molecule has 0 radical (unpaired) electrons. The Labute approximate surface area is 239 Å². The molecule has 0 amide bonds. The number of nitrogens with zero attached hydrogens (tertiary/aromatic N) is 4. The van der Waals surface area contributed by atoms with Crippen LogP contribution in [0.3, 0.4) is 0 Å². The van der Waals surface area contributed by atoms with E-state index in [0.29, 0.717) is 0 Å². The molecule has 0 spiro atoms. The van der Waals surface area contributed by atoms with Crippen molar-refractivity contribution in [2.24, 2.45) is 0 Å². The van der Waals surface area contributed by atoms with Gasteiger partial charge in [-0.2, -0.15) is 0 Å². The van der Waals surface area contributed by atoms with E-state index < -0.39 is 0 Å². The van der Waals surface area contributed by atoms with E-state index in [0.717, 1.165) is 56.1 Å². The molecule has 4 nitrogen and oxygen atoms in total. The van der Waals surface area contributed by atoms with Gasteiger partial charge in [0.15, 0.2) is 0 Å². The molecule has 0 unspecified atom stereocenters. The predicted molar refractivity (Wildman–Crippen MR) is 168 cm³/mol. The Balaban J connectivity index is 1.58. The highest BCUT2D eigenvalue weighted by molar-refractivity contribution is 5.68. The van der Waals surface area contributed by atoms with Gasteiger partial charge in [0.1, 0.15) is 5.82 Å². The summed E-state index contributed by atoms with van der Waals surface area (Å²) < 4.78 is 2.48. The lowest BCUT2D eigenvalue weighted by Gasteiger charge is -2.25. The molecule has 0 saturated heterocycles. The molecule has 204 valence electrons. The summed E-state index contributed by atoms with van der Waals surface area (Å²) in [5, 5.41) is 0. The Bertz CT molecular complexity index is 1460. The lowest BCUT2D eigenvalue weighted by molar-refractivity contribution is 0.241. The number of imidazole rings is 1. The molecule has 40 heavy (non-hydrogen) atoms. The van der Waals surface area contributed by atoms with Crippen molar-refractivity contribution in [3.05, 3.63) is 132 Å². The maximum absolute atomic E-state index is 5.33. The number of anilines is 1. The van der Waals surface area contributed by atoms with Crippen molar-refractivity contribution in [2.75, 3.05) is 19.0 Å². The Morgan fingerprint density at radius 2 is 1.18 bits per heavy atom. The van der Waals surface area contributed by atoms with Gasteiger partial charge in [-0.3, -0.25) is 4.90 Å². The zero-order valence-corrected chi connectivity index (χ0v) is 24.0. The molecule has 1 aromatic heterocycles. The van der Waals surface area contributed by atoms with Crippen molar-refractivity contribution in [1.29, 1.82) is 0 Å². The van der Waals surface area contributed by atoms with Gasteiger partial charge < -0.3 is 9.47 Å². The zero-order chi connectivity index (χ0) is 27.7. The molecule has 0 fully saturated rings. The second kappa shape index (κ2) is 13.3. The van der Waals surface area contributed by atoms with Gasteiger partial charge in [0, 0.05) is 57.1 Å². The smallest absolute Gasteiger partial charge is 0.140 e. The highest BCUT2D eigenvalue weighted by Crippen LogP contribution is 2.32. The first kappa shape index (κ1) is 27.4. The number of hydrogen-bond acceptors (Lipinski definition) is 3. The average Bonchev–Trinajstić information content (AvgIpc) is 3.35. The van der Waals surface area contributed by atoms with Gasteiger partial charge in [0.2, 0.25) is 0 Å². The van der Waals surface area contributed by atoms with Crippen molar-refractivity contribution < 1.29 is 0 Å². The first-order chi connectivity index (χ1) is 19.6. The van der Waals surface area contributed by atoms with Crippen LogP contribution >= 0.6 is 0 Å². The van der Waals surface area contributed by atoms with Crippen LogP contribution in [-0.4, -0.2) is 28.5 Å². The molecular weight excluding hydrogens is 488 g/mol. The molecule has 5 rings (SSSR count). The molecule has 0 N–H and O–H groups in total. The SMILES string of the molecule is CCCCn1c(-c2ccccc2)nc(-c2ccccc2)c1CN(Cc1ccccc1)Cc1ccc(N(C)C)cc1. The molecule has 0 atom stereocenters. The molecule has 0 bridgehead atoms. The number of hydrogen-bond donors (Lipinski definition) is 0. The Morgan fingerprint density at radius 3 is 1.75 bits per heavy atom. The zero-order valence-electron chi connectivity index (χ0n) is 24.0. The standard InChI is InChI=1S/C36H40N4/c1-4-5-25-40-34(35(31-17-11-7-12-18-31)37-36(40)32-19-13-8-14-20-32)28-39(26-29-15-9-6-10-16-29)27-30-21-23-33(24-22-30)38(2)3/h6-24H,4-5,25-28H2,1-3H3. The van der Waals surface area contributed by atoms with E-state index >= 15 is 0 Å². The lowest BCUT2D eigenvalue weighted by Crippen LogP contribution is -2.24. The third-order valence-corrected chi connectivity index (χ3v) is 7.37. The second-order valence-electron chi connectivity index (χ2n) is 10.7. The average molecular weight is 529 g/mol. The van der Waals surface area contributed by atoms with Crippen molar-refractivity contribution in [2.45, 2.75) is 45.9 Å². The Kier molecular flexibility index (Phi) is 9.10. The summed E-state index contributed by atoms with van der Waals surface area (Å²) in [6, 6.07) is 41.1. The van der Waals surface area contributed by atoms with Crippen LogP contribution in [0.1, 0.15) is 36.6 Å².